The average Bonchev–Trinajstić information content (AvgIpc) is 3.09. The normalized spacial score (nSPS) is 46.2. The smallest absolute Gasteiger partial charge is 0.302 e. The quantitative estimate of drug-likeness (QED) is 0.586. The summed E-state index contributed by atoms with van der Waals surface area (Å²) in [6.45, 7) is 4.77. The van der Waals surface area contributed by atoms with E-state index in [1.54, 1.807) is 6.92 Å². The third kappa shape index (κ3) is 1.46. The van der Waals surface area contributed by atoms with Gasteiger partial charge in [0.05, 0.1) is 22.9 Å². The molecule has 1 aromatic rings. The van der Waals surface area contributed by atoms with Crippen molar-refractivity contribution in [3.05, 3.63) is 41.5 Å². The largest absolute Gasteiger partial charge is 0.461 e. The number of carbonyl (C=O) groups excluding carboxylic acids is 1. The van der Waals surface area contributed by atoms with Crippen molar-refractivity contribution >= 4 is 17.4 Å². The van der Waals surface area contributed by atoms with Gasteiger partial charge in [-0.1, -0.05) is 29.8 Å². The van der Waals surface area contributed by atoms with E-state index in [-0.39, 0.29) is 17.5 Å². The van der Waals surface area contributed by atoms with Crippen LogP contribution in [0.15, 0.2) is 40.9 Å². The second-order valence-corrected chi connectivity index (χ2v) is 8.26. The Morgan fingerprint density at radius 2 is 2.24 bits per heavy atom. The van der Waals surface area contributed by atoms with Crippen molar-refractivity contribution in [2.75, 3.05) is 6.54 Å². The van der Waals surface area contributed by atoms with Crippen LogP contribution >= 0.6 is 0 Å². The SMILES string of the molecule is C/C=C1/CN2[C@H]3CC1C1[C@@H](OC(C)=O)[C@@]4(C[C@@H]12)C3=Nc1ccccc14. The number of aliphatic imine (C=N–C) groups is 1. The summed E-state index contributed by atoms with van der Waals surface area (Å²) in [5, 5.41) is 0. The number of benzene rings is 1. The highest BCUT2D eigenvalue weighted by Gasteiger charge is 2.73. The minimum atomic E-state index is -0.184. The summed E-state index contributed by atoms with van der Waals surface area (Å²) < 4.78 is 6.09. The number of esters is 1. The van der Waals surface area contributed by atoms with Crippen LogP contribution in [0, 0.1) is 11.8 Å². The van der Waals surface area contributed by atoms with Crippen LogP contribution in [-0.4, -0.2) is 41.3 Å². The summed E-state index contributed by atoms with van der Waals surface area (Å²) in [6, 6.07) is 9.42. The number of ether oxygens (including phenoxy) is 1. The number of nitrogens with zero attached hydrogens (tertiary/aromatic N) is 2. The van der Waals surface area contributed by atoms with Crippen LogP contribution < -0.4 is 0 Å². The van der Waals surface area contributed by atoms with E-state index in [4.69, 9.17) is 9.73 Å². The summed E-state index contributed by atoms with van der Waals surface area (Å²) in [5.74, 6) is 0.778. The zero-order chi connectivity index (χ0) is 16.9. The number of hydrogen-bond donors (Lipinski definition) is 0. The number of fused-ring (bicyclic) bond motifs is 2. The highest BCUT2D eigenvalue weighted by molar-refractivity contribution is 6.08. The number of allylic oxidation sites excluding steroid dienone is 1. The maximum absolute atomic E-state index is 12.0. The zero-order valence-corrected chi connectivity index (χ0v) is 14.6. The van der Waals surface area contributed by atoms with Crippen molar-refractivity contribution in [2.45, 2.75) is 50.3 Å². The topological polar surface area (TPSA) is 41.9 Å². The zero-order valence-electron chi connectivity index (χ0n) is 14.6. The minimum Gasteiger partial charge on any atom is -0.461 e. The van der Waals surface area contributed by atoms with Gasteiger partial charge >= 0.3 is 5.97 Å². The van der Waals surface area contributed by atoms with Crippen molar-refractivity contribution < 1.29 is 9.53 Å². The van der Waals surface area contributed by atoms with Gasteiger partial charge in [-0.3, -0.25) is 14.7 Å². The first-order valence-corrected chi connectivity index (χ1v) is 9.42. The van der Waals surface area contributed by atoms with Gasteiger partial charge in [-0.25, -0.2) is 0 Å². The number of carbonyl (C=O) groups is 1. The molecule has 5 aliphatic heterocycles. The van der Waals surface area contributed by atoms with E-state index in [9.17, 15) is 4.79 Å². The summed E-state index contributed by atoms with van der Waals surface area (Å²) in [4.78, 5) is 19.8. The summed E-state index contributed by atoms with van der Waals surface area (Å²) in [5.41, 5.74) is 5.00. The molecule has 7 rings (SSSR count). The van der Waals surface area contributed by atoms with Crippen molar-refractivity contribution in [3.8, 4) is 0 Å². The summed E-state index contributed by atoms with van der Waals surface area (Å²) >= 11 is 0. The molecule has 25 heavy (non-hydrogen) atoms. The molecule has 4 nitrogen and oxygen atoms in total. The maximum atomic E-state index is 12.0. The van der Waals surface area contributed by atoms with Gasteiger partial charge in [-0.2, -0.15) is 0 Å². The molecule has 4 saturated heterocycles. The van der Waals surface area contributed by atoms with Crippen LogP contribution in [0.3, 0.4) is 0 Å². The standard InChI is InChI=1S/C21H22N2O2/c1-3-12-10-23-16-8-13(12)18-17(23)9-21(20(18)25-11(2)24)14-6-4-5-7-15(14)22-19(16)21/h3-7,13,16-18,20H,8-10H2,1-2H3/b12-3-/t13?,16-,17-,18?,20+,21+/m0/s1. The molecule has 4 heteroatoms. The second-order valence-electron chi connectivity index (χ2n) is 8.26. The minimum absolute atomic E-state index is 0.0763. The van der Waals surface area contributed by atoms with Crippen molar-refractivity contribution in [2.24, 2.45) is 16.8 Å². The average molecular weight is 334 g/mol. The molecule has 128 valence electrons. The lowest BCUT2D eigenvalue weighted by molar-refractivity contribution is -0.152. The van der Waals surface area contributed by atoms with Crippen LogP contribution in [0.5, 0.6) is 0 Å². The third-order valence-corrected chi connectivity index (χ3v) is 7.48. The van der Waals surface area contributed by atoms with Crippen LogP contribution in [0.1, 0.15) is 32.3 Å². The molecule has 3 unspecified atom stereocenters. The molecule has 5 bridgehead atoms. The Hall–Kier alpha value is -1.94. The van der Waals surface area contributed by atoms with Gasteiger partial charge in [-0.05, 0) is 37.3 Å². The molecular formula is C21H22N2O2. The molecular weight excluding hydrogens is 312 g/mol. The molecule has 1 spiro atoms. The molecule has 0 radical (unpaired) electrons. The van der Waals surface area contributed by atoms with Crippen LogP contribution in [0.25, 0.3) is 0 Å². The summed E-state index contributed by atoms with van der Waals surface area (Å²) in [7, 11) is 0. The number of para-hydroxylation sites is 1. The first kappa shape index (κ1) is 14.3. The molecule has 1 aliphatic carbocycles. The molecule has 5 heterocycles. The van der Waals surface area contributed by atoms with E-state index < -0.39 is 0 Å². The number of hydrogen-bond acceptors (Lipinski definition) is 4. The second kappa shape index (κ2) is 4.42. The van der Waals surface area contributed by atoms with E-state index in [0.717, 1.165) is 25.1 Å². The monoisotopic (exact) mass is 334 g/mol. The van der Waals surface area contributed by atoms with Crippen LogP contribution in [-0.2, 0) is 14.9 Å². The van der Waals surface area contributed by atoms with Crippen molar-refractivity contribution in [1.29, 1.82) is 0 Å². The Bertz CT molecular complexity index is 872. The van der Waals surface area contributed by atoms with Crippen LogP contribution in [0.4, 0.5) is 5.69 Å². The first-order valence-electron chi connectivity index (χ1n) is 9.42. The molecule has 0 amide bonds. The van der Waals surface area contributed by atoms with E-state index in [1.165, 1.54) is 16.8 Å². The number of rotatable bonds is 1. The molecule has 0 aromatic heterocycles. The first-order chi connectivity index (χ1) is 12.1. The fourth-order valence-electron chi connectivity index (χ4n) is 6.78. The van der Waals surface area contributed by atoms with Crippen LogP contribution in [0.2, 0.25) is 0 Å². The molecule has 6 aliphatic rings. The lowest BCUT2D eigenvalue weighted by Crippen LogP contribution is -2.64. The lowest BCUT2D eigenvalue weighted by Gasteiger charge is -2.55. The Labute approximate surface area is 147 Å². The molecule has 7 atom stereocenters. The predicted octanol–water partition coefficient (Wildman–Crippen LogP) is 2.99. The van der Waals surface area contributed by atoms with Gasteiger partial charge in [0.25, 0.3) is 0 Å². The van der Waals surface area contributed by atoms with Crippen molar-refractivity contribution in [3.63, 3.8) is 0 Å². The van der Waals surface area contributed by atoms with Gasteiger partial charge < -0.3 is 4.74 Å². The Morgan fingerprint density at radius 1 is 1.40 bits per heavy atom. The van der Waals surface area contributed by atoms with Gasteiger partial charge in [0.2, 0.25) is 0 Å². The van der Waals surface area contributed by atoms with Gasteiger partial charge in [-0.15, -0.1) is 0 Å². The highest BCUT2D eigenvalue weighted by Crippen LogP contribution is 2.66. The molecule has 1 aromatic carbocycles. The maximum Gasteiger partial charge on any atom is 0.302 e. The number of piperidine rings is 4. The van der Waals surface area contributed by atoms with Crippen molar-refractivity contribution in [1.82, 2.24) is 4.90 Å². The van der Waals surface area contributed by atoms with Gasteiger partial charge in [0, 0.05) is 25.4 Å². The van der Waals surface area contributed by atoms with E-state index >= 15 is 0 Å². The Morgan fingerprint density at radius 3 is 3.04 bits per heavy atom. The van der Waals surface area contributed by atoms with E-state index in [1.807, 2.05) is 0 Å². The van der Waals surface area contributed by atoms with Gasteiger partial charge in [0.15, 0.2) is 0 Å². The van der Waals surface area contributed by atoms with E-state index in [0.29, 0.717) is 23.9 Å². The van der Waals surface area contributed by atoms with Gasteiger partial charge in [0.1, 0.15) is 6.10 Å². The summed E-state index contributed by atoms with van der Waals surface area (Å²) in [6.07, 6.45) is 4.40. The Balaban J connectivity index is 1.62. The fraction of sp³-hybridized carbons (Fsp3) is 0.524. The molecule has 1 saturated carbocycles. The Kier molecular flexibility index (Phi) is 2.52. The molecule has 5 fully saturated rings. The highest BCUT2D eigenvalue weighted by atomic mass is 16.5. The predicted molar refractivity (Wildman–Crippen MR) is 95.0 cm³/mol. The lowest BCUT2D eigenvalue weighted by atomic mass is 9.66. The molecule has 0 N–H and O–H groups in total. The van der Waals surface area contributed by atoms with E-state index in [2.05, 4.69) is 42.2 Å². The fourth-order valence-corrected chi connectivity index (χ4v) is 6.78. The third-order valence-electron chi connectivity index (χ3n) is 7.48.